The second kappa shape index (κ2) is 9.81. The minimum absolute atomic E-state index is 0.270. The van der Waals surface area contributed by atoms with Gasteiger partial charge in [0.15, 0.2) is 0 Å². The zero-order chi connectivity index (χ0) is 37.9. The first-order valence-corrected chi connectivity index (χ1v) is 21.0. The lowest BCUT2D eigenvalue weighted by Crippen LogP contribution is -2.25. The molecule has 0 fully saturated rings. The van der Waals surface area contributed by atoms with Gasteiger partial charge in [-0.1, -0.05) is 133 Å². The van der Waals surface area contributed by atoms with Crippen molar-refractivity contribution in [2.75, 3.05) is 0 Å². The van der Waals surface area contributed by atoms with Gasteiger partial charge in [-0.05, 0) is 121 Å². The average Bonchev–Trinajstić information content (AvgIpc) is 4.10. The van der Waals surface area contributed by atoms with E-state index in [0.717, 1.165) is 6.42 Å². The van der Waals surface area contributed by atoms with Gasteiger partial charge >= 0.3 is 0 Å². The molecular weight excluding hydrogens is 713 g/mol. The van der Waals surface area contributed by atoms with Gasteiger partial charge in [0, 0.05) is 37.9 Å². The monoisotopic (exact) mass is 744 g/mol. The van der Waals surface area contributed by atoms with Crippen LogP contribution >= 0.6 is 0 Å². The van der Waals surface area contributed by atoms with E-state index in [1.807, 2.05) is 0 Å². The maximum absolute atomic E-state index is 2.71. The van der Waals surface area contributed by atoms with Crippen molar-refractivity contribution >= 4 is 82.3 Å². The molecule has 1 spiro atoms. The summed E-state index contributed by atoms with van der Waals surface area (Å²) in [7, 11) is 0. The Morgan fingerprint density at radius 3 is 1.73 bits per heavy atom. The molecule has 4 heterocycles. The Kier molecular flexibility index (Phi) is 4.95. The van der Waals surface area contributed by atoms with Crippen LogP contribution in [0.2, 0.25) is 0 Å². The van der Waals surface area contributed by atoms with Crippen molar-refractivity contribution in [2.24, 2.45) is 0 Å². The van der Waals surface area contributed by atoms with Crippen LogP contribution in [0.1, 0.15) is 45.0 Å². The van der Waals surface area contributed by atoms with Crippen molar-refractivity contribution in [3.63, 3.8) is 0 Å². The van der Waals surface area contributed by atoms with Gasteiger partial charge < -0.3 is 8.97 Å². The van der Waals surface area contributed by atoms with Gasteiger partial charge in [0.05, 0.1) is 39.0 Å². The maximum Gasteiger partial charge on any atom is 0.0726 e. The lowest BCUT2D eigenvalue weighted by atomic mass is 9.70. The van der Waals surface area contributed by atoms with Crippen LogP contribution in [0.3, 0.4) is 0 Å². The number of fused-ring (bicyclic) bond motifs is 24. The van der Waals surface area contributed by atoms with Gasteiger partial charge in [0.25, 0.3) is 0 Å². The first-order chi connectivity index (χ1) is 29.3. The molecule has 1 aliphatic heterocycles. The van der Waals surface area contributed by atoms with E-state index in [0.29, 0.717) is 0 Å². The molecule has 0 bridgehead atoms. The van der Waals surface area contributed by atoms with E-state index in [2.05, 4.69) is 185 Å². The second-order valence-electron chi connectivity index (χ2n) is 17.5. The number of hydrogen-bond donors (Lipinski definition) is 0. The molecule has 0 N–H and O–H groups in total. The minimum Gasteiger partial charge on any atom is -0.332 e. The van der Waals surface area contributed by atoms with E-state index in [4.69, 9.17) is 0 Å². The Morgan fingerprint density at radius 1 is 0.407 bits per heavy atom. The molecule has 0 radical (unpaired) electrons. The van der Waals surface area contributed by atoms with Crippen LogP contribution in [0.4, 0.5) is 0 Å². The molecular formula is C57H32N2. The van der Waals surface area contributed by atoms with Crippen LogP contribution in [0.5, 0.6) is 0 Å². The van der Waals surface area contributed by atoms with Crippen molar-refractivity contribution < 1.29 is 0 Å². The standard InChI is InChI=1S/C57H32N2/c1-3-13-33-25-51-43(23-31(33)11-1)37-17-9-19-39-45-27-49-41(29-53(45)58(51)55(37)39)42-30-54-46(28-50(42)57(49)47-21-7-5-15-35(47)36-16-6-8-22-48(36)57)40-20-10-18-38-44-24-32-12-2-4-14-34(32)26-52(44)59(54)56(38)40/h1-25,27-30,52H,26H2. The molecule has 1 atom stereocenters. The summed E-state index contributed by atoms with van der Waals surface area (Å²) >= 11 is 0. The highest BCUT2D eigenvalue weighted by molar-refractivity contribution is 6.26. The quantitative estimate of drug-likeness (QED) is 0.146. The number of nitrogens with zero attached hydrogens (tertiary/aromatic N) is 2. The molecule has 0 amide bonds. The van der Waals surface area contributed by atoms with Crippen LogP contribution in [0.25, 0.3) is 105 Å². The third-order valence-corrected chi connectivity index (χ3v) is 15.1. The normalized spacial score (nSPS) is 16.5. The smallest absolute Gasteiger partial charge is 0.0726 e. The Labute approximate surface area is 338 Å². The van der Waals surface area contributed by atoms with Gasteiger partial charge in [-0.15, -0.1) is 0 Å². The second-order valence-corrected chi connectivity index (χ2v) is 17.5. The third-order valence-electron chi connectivity index (χ3n) is 15.1. The third kappa shape index (κ3) is 3.22. The van der Waals surface area contributed by atoms with Crippen LogP contribution in [0, 0.1) is 0 Å². The van der Waals surface area contributed by atoms with Gasteiger partial charge in [0.2, 0.25) is 0 Å². The zero-order valence-corrected chi connectivity index (χ0v) is 31.9. The van der Waals surface area contributed by atoms with Gasteiger partial charge in [0.1, 0.15) is 0 Å². The first-order valence-electron chi connectivity index (χ1n) is 21.0. The predicted octanol–water partition coefficient (Wildman–Crippen LogP) is 14.1. The number of rotatable bonds is 0. The molecule has 3 aliphatic carbocycles. The number of allylic oxidation sites excluding steroid dienone is 1. The molecule has 59 heavy (non-hydrogen) atoms. The van der Waals surface area contributed by atoms with Crippen LogP contribution in [-0.4, -0.2) is 8.97 Å². The lowest BCUT2D eigenvalue weighted by Gasteiger charge is -2.30. The summed E-state index contributed by atoms with van der Waals surface area (Å²) in [5, 5.41) is 10.6. The van der Waals surface area contributed by atoms with Crippen molar-refractivity contribution in [3.05, 3.63) is 209 Å². The fourth-order valence-electron chi connectivity index (χ4n) is 12.9. The zero-order valence-electron chi connectivity index (χ0n) is 31.9. The molecule has 1 unspecified atom stereocenters. The molecule has 0 saturated carbocycles. The van der Waals surface area contributed by atoms with E-state index in [1.165, 1.54) is 137 Å². The Bertz CT molecular complexity index is 3950. The summed E-state index contributed by atoms with van der Waals surface area (Å²) in [6.45, 7) is 0. The summed E-state index contributed by atoms with van der Waals surface area (Å²) < 4.78 is 5.29. The summed E-state index contributed by atoms with van der Waals surface area (Å²) in [5.74, 6) is 0. The van der Waals surface area contributed by atoms with E-state index >= 15 is 0 Å². The largest absolute Gasteiger partial charge is 0.332 e. The summed E-state index contributed by atoms with van der Waals surface area (Å²) in [6.07, 6.45) is 3.47. The molecule has 3 aromatic heterocycles. The fourth-order valence-corrected chi connectivity index (χ4v) is 12.9. The Morgan fingerprint density at radius 2 is 0.966 bits per heavy atom. The topological polar surface area (TPSA) is 9.34 Å². The summed E-state index contributed by atoms with van der Waals surface area (Å²) in [5.41, 5.74) is 22.7. The Balaban J connectivity index is 1.08. The van der Waals surface area contributed by atoms with E-state index in [1.54, 1.807) is 0 Å². The molecule has 2 nitrogen and oxygen atoms in total. The van der Waals surface area contributed by atoms with E-state index in [9.17, 15) is 0 Å². The first kappa shape index (κ1) is 29.8. The number of benzene rings is 9. The van der Waals surface area contributed by atoms with Gasteiger partial charge in [-0.3, -0.25) is 0 Å². The number of aromatic nitrogens is 2. The molecule has 16 rings (SSSR count). The maximum atomic E-state index is 2.71. The number of para-hydroxylation sites is 2. The van der Waals surface area contributed by atoms with Gasteiger partial charge in [-0.2, -0.15) is 0 Å². The van der Waals surface area contributed by atoms with Crippen molar-refractivity contribution in [1.29, 1.82) is 0 Å². The van der Waals surface area contributed by atoms with Crippen molar-refractivity contribution in [2.45, 2.75) is 17.9 Å². The highest BCUT2D eigenvalue weighted by Gasteiger charge is 2.52. The highest BCUT2D eigenvalue weighted by Crippen LogP contribution is 2.65. The van der Waals surface area contributed by atoms with E-state index in [-0.39, 0.29) is 6.04 Å². The molecule has 270 valence electrons. The number of hydrogen-bond acceptors (Lipinski definition) is 0. The van der Waals surface area contributed by atoms with Crippen LogP contribution in [-0.2, 0) is 11.8 Å². The van der Waals surface area contributed by atoms with Crippen molar-refractivity contribution in [1.82, 2.24) is 8.97 Å². The summed E-state index contributed by atoms with van der Waals surface area (Å²) in [6, 6.07) is 65.7. The van der Waals surface area contributed by atoms with Gasteiger partial charge in [-0.25, -0.2) is 0 Å². The van der Waals surface area contributed by atoms with E-state index < -0.39 is 5.41 Å². The molecule has 4 aliphatic rings. The molecule has 0 saturated heterocycles. The highest BCUT2D eigenvalue weighted by atomic mass is 15.0. The fraction of sp³-hybridized carbons (Fsp3) is 0.0526. The molecule has 2 heteroatoms. The average molecular weight is 745 g/mol. The summed E-state index contributed by atoms with van der Waals surface area (Å²) in [4.78, 5) is 0. The lowest BCUT2D eigenvalue weighted by molar-refractivity contribution is 0.670. The Hall–Kier alpha value is -7.42. The SMILES string of the molecule is C1=C2c3cccc4c5cc6c(cc5n(c34)C2Cc2ccccc21)-c1cc2c(cc1C61c3ccccc3-c3ccccc31)c1cccc3c4cc5ccccc5cc4n2c13. The minimum atomic E-state index is -0.449. The predicted molar refractivity (Wildman–Crippen MR) is 245 cm³/mol. The molecule has 12 aromatic rings. The molecule has 9 aromatic carbocycles. The van der Waals surface area contributed by atoms with Crippen molar-refractivity contribution in [3.8, 4) is 22.3 Å². The van der Waals surface area contributed by atoms with Crippen LogP contribution < -0.4 is 0 Å². The van der Waals surface area contributed by atoms with Crippen LogP contribution in [0.15, 0.2) is 170 Å².